The summed E-state index contributed by atoms with van der Waals surface area (Å²) in [5.41, 5.74) is 6.58. The van der Waals surface area contributed by atoms with E-state index in [1.54, 1.807) is 29.2 Å². The molecule has 0 saturated carbocycles. The van der Waals surface area contributed by atoms with Gasteiger partial charge in [0.05, 0.1) is 0 Å². The van der Waals surface area contributed by atoms with Crippen LogP contribution in [0.15, 0.2) is 24.3 Å². The lowest BCUT2D eigenvalue weighted by Crippen LogP contribution is -2.30. The molecule has 0 atom stereocenters. The summed E-state index contributed by atoms with van der Waals surface area (Å²) in [5, 5.41) is 2.84. The van der Waals surface area contributed by atoms with Gasteiger partial charge in [-0.2, -0.15) is 0 Å². The summed E-state index contributed by atoms with van der Waals surface area (Å²) in [4.78, 5) is 25.8. The first-order chi connectivity index (χ1) is 10.1. The van der Waals surface area contributed by atoms with Crippen LogP contribution in [0.3, 0.4) is 0 Å². The van der Waals surface area contributed by atoms with Crippen LogP contribution in [-0.2, 0) is 0 Å². The van der Waals surface area contributed by atoms with Gasteiger partial charge >= 0.3 is 0 Å². The molecule has 1 aromatic rings. The Morgan fingerprint density at radius 1 is 1.05 bits per heavy atom. The predicted molar refractivity (Wildman–Crippen MR) is 84.3 cm³/mol. The molecule has 0 bridgehead atoms. The number of benzene rings is 1. The van der Waals surface area contributed by atoms with Gasteiger partial charge < -0.3 is 16.0 Å². The number of nitrogens with two attached hydrogens (primary N) is 1. The number of carbonyl (C=O) groups is 2. The van der Waals surface area contributed by atoms with Crippen LogP contribution in [-0.4, -0.2) is 42.9 Å². The minimum Gasteiger partial charge on any atom is -0.352 e. The molecule has 0 aliphatic carbocycles. The Kier molecular flexibility index (Phi) is 7.46. The minimum absolute atomic E-state index is 0.00472. The summed E-state index contributed by atoms with van der Waals surface area (Å²) < 4.78 is 0. The molecule has 3 N–H and O–H groups in total. The van der Waals surface area contributed by atoms with Crippen molar-refractivity contribution in [3.8, 4) is 0 Å². The third-order valence-corrected chi connectivity index (χ3v) is 3.36. The van der Waals surface area contributed by atoms with Gasteiger partial charge in [-0.15, -0.1) is 0 Å². The lowest BCUT2D eigenvalue weighted by Gasteiger charge is -2.18. The topological polar surface area (TPSA) is 75.4 Å². The maximum atomic E-state index is 12.1. The maximum Gasteiger partial charge on any atom is 0.253 e. The summed E-state index contributed by atoms with van der Waals surface area (Å²) in [6.45, 7) is 6.51. The predicted octanol–water partition coefficient (Wildman–Crippen LogP) is 1.64. The van der Waals surface area contributed by atoms with Crippen molar-refractivity contribution in [3.05, 3.63) is 35.4 Å². The first-order valence-electron chi connectivity index (χ1n) is 7.51. The Labute approximate surface area is 126 Å². The van der Waals surface area contributed by atoms with E-state index in [-0.39, 0.29) is 11.8 Å². The highest BCUT2D eigenvalue weighted by molar-refractivity contribution is 5.97. The number of carbonyl (C=O) groups excluding carboxylic acids is 2. The molecular weight excluding hydrogens is 266 g/mol. The SMILES string of the molecule is CCN(CC)C(=O)c1ccc(C(=O)NCCCCN)cc1. The summed E-state index contributed by atoms with van der Waals surface area (Å²) >= 11 is 0. The third kappa shape index (κ3) is 5.19. The fourth-order valence-corrected chi connectivity index (χ4v) is 2.03. The molecule has 0 unspecified atom stereocenters. The van der Waals surface area contributed by atoms with Crippen molar-refractivity contribution in [2.75, 3.05) is 26.2 Å². The first kappa shape index (κ1) is 17.2. The molecule has 116 valence electrons. The van der Waals surface area contributed by atoms with Crippen LogP contribution in [0.25, 0.3) is 0 Å². The molecule has 0 spiro atoms. The van der Waals surface area contributed by atoms with E-state index >= 15 is 0 Å². The fraction of sp³-hybridized carbons (Fsp3) is 0.500. The van der Waals surface area contributed by atoms with Crippen LogP contribution in [0.4, 0.5) is 0 Å². The van der Waals surface area contributed by atoms with Crippen molar-refractivity contribution in [2.45, 2.75) is 26.7 Å². The number of nitrogens with one attached hydrogen (secondary N) is 1. The molecule has 0 aliphatic rings. The van der Waals surface area contributed by atoms with E-state index in [2.05, 4.69) is 5.32 Å². The monoisotopic (exact) mass is 291 g/mol. The van der Waals surface area contributed by atoms with Crippen molar-refractivity contribution in [2.24, 2.45) is 5.73 Å². The lowest BCUT2D eigenvalue weighted by molar-refractivity contribution is 0.0772. The van der Waals surface area contributed by atoms with Crippen molar-refractivity contribution in [1.82, 2.24) is 10.2 Å². The van der Waals surface area contributed by atoms with Crippen molar-refractivity contribution in [3.63, 3.8) is 0 Å². The molecule has 21 heavy (non-hydrogen) atoms. The Morgan fingerprint density at radius 3 is 2.14 bits per heavy atom. The highest BCUT2D eigenvalue weighted by Crippen LogP contribution is 2.08. The molecule has 5 nitrogen and oxygen atoms in total. The minimum atomic E-state index is -0.117. The van der Waals surface area contributed by atoms with E-state index in [1.165, 1.54) is 0 Å². The number of rotatable bonds is 8. The average Bonchev–Trinajstić information content (AvgIpc) is 2.52. The van der Waals surface area contributed by atoms with Crippen molar-refractivity contribution < 1.29 is 9.59 Å². The van der Waals surface area contributed by atoms with Gasteiger partial charge in [-0.1, -0.05) is 0 Å². The van der Waals surface area contributed by atoms with Gasteiger partial charge in [0.25, 0.3) is 11.8 Å². The third-order valence-electron chi connectivity index (χ3n) is 3.36. The van der Waals surface area contributed by atoms with Gasteiger partial charge in [-0.05, 0) is 57.5 Å². The van der Waals surface area contributed by atoms with Crippen molar-refractivity contribution >= 4 is 11.8 Å². The van der Waals surface area contributed by atoms with Crippen LogP contribution < -0.4 is 11.1 Å². The molecule has 0 fully saturated rings. The second-order valence-corrected chi connectivity index (χ2v) is 4.81. The summed E-state index contributed by atoms with van der Waals surface area (Å²) in [5.74, 6) is -0.122. The first-order valence-corrected chi connectivity index (χ1v) is 7.51. The summed E-state index contributed by atoms with van der Waals surface area (Å²) in [6.07, 6.45) is 1.78. The van der Waals surface area contributed by atoms with Gasteiger partial charge in [0.15, 0.2) is 0 Å². The smallest absolute Gasteiger partial charge is 0.253 e. The van der Waals surface area contributed by atoms with Gasteiger partial charge in [-0.25, -0.2) is 0 Å². The molecule has 2 amide bonds. The van der Waals surface area contributed by atoms with Gasteiger partial charge in [0, 0.05) is 30.8 Å². The molecule has 1 rings (SSSR count). The Hall–Kier alpha value is -1.88. The number of unbranched alkanes of at least 4 members (excludes halogenated alkanes) is 1. The molecule has 0 radical (unpaired) electrons. The van der Waals surface area contributed by atoms with E-state index < -0.39 is 0 Å². The van der Waals surface area contributed by atoms with E-state index in [0.717, 1.165) is 12.8 Å². The summed E-state index contributed by atoms with van der Waals surface area (Å²) in [6, 6.07) is 6.79. The largest absolute Gasteiger partial charge is 0.352 e. The van der Waals surface area contributed by atoms with Crippen LogP contribution in [0.5, 0.6) is 0 Å². The zero-order chi connectivity index (χ0) is 15.7. The molecule has 0 aliphatic heterocycles. The standard InChI is InChI=1S/C16H25N3O2/c1-3-19(4-2)16(21)14-9-7-13(8-10-14)15(20)18-12-6-5-11-17/h7-10H,3-6,11-12,17H2,1-2H3,(H,18,20). The maximum absolute atomic E-state index is 12.1. The highest BCUT2D eigenvalue weighted by Gasteiger charge is 2.13. The molecular formula is C16H25N3O2. The van der Waals surface area contributed by atoms with Crippen LogP contribution in [0.1, 0.15) is 47.4 Å². The molecule has 0 saturated heterocycles. The van der Waals surface area contributed by atoms with Gasteiger partial charge in [-0.3, -0.25) is 9.59 Å². The highest BCUT2D eigenvalue weighted by atomic mass is 16.2. The molecule has 1 aromatic carbocycles. The zero-order valence-electron chi connectivity index (χ0n) is 12.9. The van der Waals surface area contributed by atoms with Crippen LogP contribution >= 0.6 is 0 Å². The van der Waals surface area contributed by atoms with Crippen LogP contribution in [0, 0.1) is 0 Å². The molecule has 0 aromatic heterocycles. The number of nitrogens with zero attached hydrogens (tertiary/aromatic N) is 1. The zero-order valence-corrected chi connectivity index (χ0v) is 12.9. The number of hydrogen-bond acceptors (Lipinski definition) is 3. The fourth-order valence-electron chi connectivity index (χ4n) is 2.03. The normalized spacial score (nSPS) is 10.2. The molecule has 0 heterocycles. The van der Waals surface area contributed by atoms with E-state index in [4.69, 9.17) is 5.73 Å². The Balaban J connectivity index is 2.61. The second-order valence-electron chi connectivity index (χ2n) is 4.81. The summed E-state index contributed by atoms with van der Waals surface area (Å²) in [7, 11) is 0. The molecule has 5 heteroatoms. The van der Waals surface area contributed by atoms with E-state index in [9.17, 15) is 9.59 Å². The quantitative estimate of drug-likeness (QED) is 0.715. The second kappa shape index (κ2) is 9.13. The average molecular weight is 291 g/mol. The van der Waals surface area contributed by atoms with E-state index in [0.29, 0.717) is 37.3 Å². The van der Waals surface area contributed by atoms with E-state index in [1.807, 2.05) is 13.8 Å². The van der Waals surface area contributed by atoms with Gasteiger partial charge in [0.1, 0.15) is 0 Å². The Morgan fingerprint density at radius 2 is 1.62 bits per heavy atom. The van der Waals surface area contributed by atoms with Crippen molar-refractivity contribution in [1.29, 1.82) is 0 Å². The van der Waals surface area contributed by atoms with Crippen LogP contribution in [0.2, 0.25) is 0 Å². The Bertz CT molecular complexity index is 453. The number of amides is 2. The lowest BCUT2D eigenvalue weighted by atomic mass is 10.1. The van der Waals surface area contributed by atoms with Gasteiger partial charge in [0.2, 0.25) is 0 Å². The number of hydrogen-bond donors (Lipinski definition) is 2.